The predicted molar refractivity (Wildman–Crippen MR) is 101 cm³/mol. The van der Waals surface area contributed by atoms with Crippen LogP contribution < -0.4 is 10.2 Å². The molecule has 2 heterocycles. The van der Waals surface area contributed by atoms with Crippen molar-refractivity contribution in [1.82, 2.24) is 9.97 Å². The molecule has 0 aliphatic carbocycles. The first-order valence-corrected chi connectivity index (χ1v) is 9.05. The molecule has 2 aromatic rings. The molecule has 1 aromatic heterocycles. The molecule has 0 radical (unpaired) electrons. The van der Waals surface area contributed by atoms with Gasteiger partial charge in [-0.05, 0) is 49.8 Å². The number of rotatable bonds is 4. The van der Waals surface area contributed by atoms with E-state index in [-0.39, 0.29) is 5.91 Å². The zero-order valence-electron chi connectivity index (χ0n) is 15.2. The number of aryl methyl sites for hydroxylation is 1. The van der Waals surface area contributed by atoms with Crippen molar-refractivity contribution in [2.24, 2.45) is 0 Å². The van der Waals surface area contributed by atoms with Gasteiger partial charge >= 0.3 is 0 Å². The van der Waals surface area contributed by atoms with Gasteiger partial charge in [-0.3, -0.25) is 4.79 Å². The Balaban J connectivity index is 1.76. The van der Waals surface area contributed by atoms with Gasteiger partial charge < -0.3 is 10.2 Å². The van der Waals surface area contributed by atoms with Crippen LogP contribution in [0.1, 0.15) is 60.9 Å². The van der Waals surface area contributed by atoms with E-state index >= 15 is 0 Å². The number of hydrogen-bond donors (Lipinski definition) is 1. The monoisotopic (exact) mass is 338 g/mol. The van der Waals surface area contributed by atoms with Gasteiger partial charge in [0.05, 0.1) is 0 Å². The van der Waals surface area contributed by atoms with Crippen LogP contribution in [0, 0.1) is 6.92 Å². The van der Waals surface area contributed by atoms with Crippen LogP contribution in [0.2, 0.25) is 0 Å². The van der Waals surface area contributed by atoms with Crippen LogP contribution in [-0.2, 0) is 0 Å². The molecular formula is C20H26N4O. The Kier molecular flexibility index (Phi) is 5.31. The summed E-state index contributed by atoms with van der Waals surface area (Å²) in [6.07, 6.45) is 3.61. The maximum absolute atomic E-state index is 12.6. The molecule has 0 unspecified atom stereocenters. The van der Waals surface area contributed by atoms with Crippen molar-refractivity contribution < 1.29 is 4.79 Å². The summed E-state index contributed by atoms with van der Waals surface area (Å²) in [7, 11) is 0. The number of nitrogens with zero attached hydrogens (tertiary/aromatic N) is 3. The number of carbonyl (C=O) groups is 1. The normalized spacial score (nSPS) is 14.6. The molecule has 0 bridgehead atoms. The Hall–Kier alpha value is -2.43. The van der Waals surface area contributed by atoms with Crippen LogP contribution in [0.15, 0.2) is 30.3 Å². The number of nitrogens with one attached hydrogen (secondary N) is 1. The van der Waals surface area contributed by atoms with Crippen molar-refractivity contribution in [3.63, 3.8) is 0 Å². The first kappa shape index (κ1) is 17.4. The number of benzene rings is 1. The first-order valence-electron chi connectivity index (χ1n) is 9.05. The molecule has 1 amide bonds. The molecule has 1 N–H and O–H groups in total. The second-order valence-electron chi connectivity index (χ2n) is 6.94. The SMILES string of the molecule is Cc1nc(C(=O)Nc2ccc(C(C)C)cc2)cc(N2CCCCC2)n1. The van der Waals surface area contributed by atoms with E-state index in [0.29, 0.717) is 17.4 Å². The summed E-state index contributed by atoms with van der Waals surface area (Å²) >= 11 is 0. The molecule has 0 spiro atoms. The first-order chi connectivity index (χ1) is 12.0. The Labute approximate surface area is 149 Å². The lowest BCUT2D eigenvalue weighted by molar-refractivity contribution is 0.102. The lowest BCUT2D eigenvalue weighted by Crippen LogP contribution is -2.31. The summed E-state index contributed by atoms with van der Waals surface area (Å²) in [5.41, 5.74) is 2.45. The Morgan fingerprint density at radius 2 is 1.76 bits per heavy atom. The minimum absolute atomic E-state index is 0.193. The number of carbonyl (C=O) groups excluding carboxylic acids is 1. The Morgan fingerprint density at radius 1 is 1.08 bits per heavy atom. The largest absolute Gasteiger partial charge is 0.356 e. The third-order valence-corrected chi connectivity index (χ3v) is 4.57. The van der Waals surface area contributed by atoms with Crippen molar-refractivity contribution in [1.29, 1.82) is 0 Å². The molecule has 5 nitrogen and oxygen atoms in total. The zero-order valence-corrected chi connectivity index (χ0v) is 15.2. The highest BCUT2D eigenvalue weighted by Gasteiger charge is 2.16. The van der Waals surface area contributed by atoms with Gasteiger partial charge in [0.1, 0.15) is 17.3 Å². The van der Waals surface area contributed by atoms with Crippen molar-refractivity contribution >= 4 is 17.4 Å². The Bertz CT molecular complexity index is 734. The van der Waals surface area contributed by atoms with Crippen LogP contribution in [0.4, 0.5) is 11.5 Å². The van der Waals surface area contributed by atoms with Crippen LogP contribution >= 0.6 is 0 Å². The quantitative estimate of drug-likeness (QED) is 0.910. The zero-order chi connectivity index (χ0) is 17.8. The maximum atomic E-state index is 12.6. The minimum atomic E-state index is -0.193. The highest BCUT2D eigenvalue weighted by molar-refractivity contribution is 6.03. The molecule has 0 atom stereocenters. The van der Waals surface area contributed by atoms with Gasteiger partial charge in [0, 0.05) is 24.8 Å². The second kappa shape index (κ2) is 7.64. The van der Waals surface area contributed by atoms with Gasteiger partial charge in [-0.25, -0.2) is 9.97 Å². The lowest BCUT2D eigenvalue weighted by Gasteiger charge is -2.28. The van der Waals surface area contributed by atoms with E-state index in [2.05, 4.69) is 34.0 Å². The number of piperidine rings is 1. The van der Waals surface area contributed by atoms with Crippen molar-refractivity contribution in [3.8, 4) is 0 Å². The van der Waals surface area contributed by atoms with E-state index in [4.69, 9.17) is 0 Å². The number of hydrogen-bond acceptors (Lipinski definition) is 4. The Morgan fingerprint density at radius 3 is 2.40 bits per heavy atom. The van der Waals surface area contributed by atoms with Gasteiger partial charge in [-0.2, -0.15) is 0 Å². The summed E-state index contributed by atoms with van der Waals surface area (Å²) in [6, 6.07) is 9.77. The molecule has 1 fully saturated rings. The van der Waals surface area contributed by atoms with E-state index in [1.807, 2.05) is 31.2 Å². The molecule has 132 valence electrons. The maximum Gasteiger partial charge on any atom is 0.274 e. The standard InChI is InChI=1S/C20H26N4O/c1-14(2)16-7-9-17(10-8-16)23-20(25)18-13-19(22-15(3)21-18)24-11-5-4-6-12-24/h7-10,13-14H,4-6,11-12H2,1-3H3,(H,23,25). The summed E-state index contributed by atoms with van der Waals surface area (Å²) in [4.78, 5) is 23.7. The molecule has 0 saturated carbocycles. The van der Waals surface area contributed by atoms with Crippen molar-refractivity contribution in [2.45, 2.75) is 46.0 Å². The summed E-state index contributed by atoms with van der Waals surface area (Å²) in [5, 5.41) is 2.93. The van der Waals surface area contributed by atoms with E-state index in [1.54, 1.807) is 6.07 Å². The summed E-state index contributed by atoms with van der Waals surface area (Å²) < 4.78 is 0. The second-order valence-corrected chi connectivity index (χ2v) is 6.94. The molecule has 1 aromatic carbocycles. The predicted octanol–water partition coefficient (Wildman–Crippen LogP) is 4.15. The van der Waals surface area contributed by atoms with Crippen molar-refractivity contribution in [2.75, 3.05) is 23.3 Å². The third-order valence-electron chi connectivity index (χ3n) is 4.57. The summed E-state index contributed by atoms with van der Waals surface area (Å²) in [6.45, 7) is 8.13. The molecule has 1 saturated heterocycles. The van der Waals surface area contributed by atoms with Gasteiger partial charge in [0.25, 0.3) is 5.91 Å². The van der Waals surface area contributed by atoms with Crippen LogP contribution in [0.5, 0.6) is 0 Å². The molecule has 1 aliphatic rings. The fraction of sp³-hybridized carbons (Fsp3) is 0.450. The van der Waals surface area contributed by atoms with Crippen LogP contribution in [0.3, 0.4) is 0 Å². The van der Waals surface area contributed by atoms with Crippen LogP contribution in [-0.4, -0.2) is 29.0 Å². The fourth-order valence-electron chi connectivity index (χ4n) is 3.10. The molecule has 1 aliphatic heterocycles. The van der Waals surface area contributed by atoms with E-state index in [0.717, 1.165) is 24.6 Å². The van der Waals surface area contributed by atoms with Crippen molar-refractivity contribution in [3.05, 3.63) is 47.4 Å². The van der Waals surface area contributed by atoms with Gasteiger partial charge in [-0.1, -0.05) is 26.0 Å². The molecular weight excluding hydrogens is 312 g/mol. The smallest absolute Gasteiger partial charge is 0.274 e. The molecule has 3 rings (SSSR count). The third kappa shape index (κ3) is 4.35. The van der Waals surface area contributed by atoms with E-state index < -0.39 is 0 Å². The lowest BCUT2D eigenvalue weighted by atomic mass is 10.0. The summed E-state index contributed by atoms with van der Waals surface area (Å²) in [5.74, 6) is 1.76. The van der Waals surface area contributed by atoms with Gasteiger partial charge in [0.2, 0.25) is 0 Å². The minimum Gasteiger partial charge on any atom is -0.356 e. The number of anilines is 2. The average molecular weight is 338 g/mol. The van der Waals surface area contributed by atoms with Gasteiger partial charge in [0.15, 0.2) is 0 Å². The van der Waals surface area contributed by atoms with Crippen LogP contribution in [0.25, 0.3) is 0 Å². The topological polar surface area (TPSA) is 58.1 Å². The van der Waals surface area contributed by atoms with Gasteiger partial charge in [-0.15, -0.1) is 0 Å². The average Bonchev–Trinajstić information content (AvgIpc) is 2.62. The molecule has 5 heteroatoms. The van der Waals surface area contributed by atoms with E-state index in [9.17, 15) is 4.79 Å². The molecule has 25 heavy (non-hydrogen) atoms. The fourth-order valence-corrected chi connectivity index (χ4v) is 3.10. The number of aromatic nitrogens is 2. The van der Waals surface area contributed by atoms with E-state index in [1.165, 1.54) is 24.8 Å². The highest BCUT2D eigenvalue weighted by atomic mass is 16.1. The highest BCUT2D eigenvalue weighted by Crippen LogP contribution is 2.20. The number of amides is 1.